The zero-order chi connectivity index (χ0) is 18.8. The minimum absolute atomic E-state index is 0.0319. The first kappa shape index (κ1) is 17.7. The number of carbonyl (C=O) groups is 2. The monoisotopic (exact) mass is 369 g/mol. The zero-order valence-electron chi connectivity index (χ0n) is 15.1. The van der Waals surface area contributed by atoms with Crippen molar-refractivity contribution in [2.75, 3.05) is 26.2 Å². The van der Waals surface area contributed by atoms with E-state index in [1.54, 1.807) is 12.3 Å². The average molecular weight is 369 g/mol. The SMILES string of the molecule is O=C(O)Cc1cn(-c2cccc(C(=O)N3CCC(N4CCCC4)C3)c2)nn1. The Morgan fingerprint density at radius 1 is 1.19 bits per heavy atom. The molecule has 1 aromatic heterocycles. The first-order valence-corrected chi connectivity index (χ1v) is 9.37. The van der Waals surface area contributed by atoms with E-state index in [1.165, 1.54) is 17.5 Å². The van der Waals surface area contributed by atoms with Crippen LogP contribution < -0.4 is 0 Å². The summed E-state index contributed by atoms with van der Waals surface area (Å²) in [4.78, 5) is 28.2. The number of rotatable bonds is 5. The van der Waals surface area contributed by atoms with E-state index in [2.05, 4.69) is 15.2 Å². The number of carboxylic acids is 1. The van der Waals surface area contributed by atoms with Crippen molar-refractivity contribution in [3.63, 3.8) is 0 Å². The molecule has 2 saturated heterocycles. The average Bonchev–Trinajstić information content (AvgIpc) is 3.41. The third kappa shape index (κ3) is 3.85. The lowest BCUT2D eigenvalue weighted by atomic mass is 10.1. The maximum atomic E-state index is 12.9. The fourth-order valence-corrected chi connectivity index (χ4v) is 3.96. The second kappa shape index (κ2) is 7.48. The van der Waals surface area contributed by atoms with Crippen LogP contribution in [0.1, 0.15) is 35.3 Å². The van der Waals surface area contributed by atoms with Crippen LogP contribution in [0.15, 0.2) is 30.5 Å². The fraction of sp³-hybridized carbons (Fsp3) is 0.474. The van der Waals surface area contributed by atoms with E-state index in [0.29, 0.717) is 23.0 Å². The number of aliphatic carboxylic acids is 1. The van der Waals surface area contributed by atoms with Gasteiger partial charge in [-0.05, 0) is 50.6 Å². The van der Waals surface area contributed by atoms with Crippen molar-refractivity contribution in [1.82, 2.24) is 24.8 Å². The van der Waals surface area contributed by atoms with E-state index in [4.69, 9.17) is 5.11 Å². The van der Waals surface area contributed by atoms with Crippen molar-refractivity contribution < 1.29 is 14.7 Å². The highest BCUT2D eigenvalue weighted by Gasteiger charge is 2.32. The molecule has 8 heteroatoms. The Hall–Kier alpha value is -2.74. The van der Waals surface area contributed by atoms with Crippen LogP contribution in [0.5, 0.6) is 0 Å². The largest absolute Gasteiger partial charge is 0.481 e. The second-order valence-corrected chi connectivity index (χ2v) is 7.21. The van der Waals surface area contributed by atoms with E-state index in [1.807, 2.05) is 23.1 Å². The highest BCUT2D eigenvalue weighted by molar-refractivity contribution is 5.95. The molecule has 142 valence electrons. The molecule has 8 nitrogen and oxygen atoms in total. The molecule has 2 aromatic rings. The Morgan fingerprint density at radius 3 is 2.78 bits per heavy atom. The van der Waals surface area contributed by atoms with E-state index in [-0.39, 0.29) is 12.3 Å². The molecule has 27 heavy (non-hydrogen) atoms. The number of hydrogen-bond acceptors (Lipinski definition) is 5. The highest BCUT2D eigenvalue weighted by atomic mass is 16.4. The van der Waals surface area contributed by atoms with Crippen molar-refractivity contribution >= 4 is 11.9 Å². The number of amides is 1. The molecule has 0 saturated carbocycles. The standard InChI is InChI=1S/C19H23N5O3/c25-18(26)11-15-12-24(21-20-15)16-5-3-4-14(10-16)19(27)23-9-6-17(13-23)22-7-1-2-8-22/h3-5,10,12,17H,1-2,6-9,11,13H2,(H,25,26). The summed E-state index contributed by atoms with van der Waals surface area (Å²) >= 11 is 0. The third-order valence-electron chi connectivity index (χ3n) is 5.34. The van der Waals surface area contributed by atoms with Crippen molar-refractivity contribution in [3.05, 3.63) is 41.7 Å². The van der Waals surface area contributed by atoms with Gasteiger partial charge in [-0.3, -0.25) is 14.5 Å². The molecule has 4 rings (SSSR count). The summed E-state index contributed by atoms with van der Waals surface area (Å²) in [5.74, 6) is -0.919. The molecule has 3 heterocycles. The van der Waals surface area contributed by atoms with E-state index >= 15 is 0 Å². The van der Waals surface area contributed by atoms with Gasteiger partial charge in [0.15, 0.2) is 0 Å². The Balaban J connectivity index is 1.46. The Morgan fingerprint density at radius 2 is 2.00 bits per heavy atom. The lowest BCUT2D eigenvalue weighted by Gasteiger charge is -2.23. The van der Waals surface area contributed by atoms with E-state index in [0.717, 1.165) is 32.6 Å². The summed E-state index contributed by atoms with van der Waals surface area (Å²) in [5.41, 5.74) is 1.69. The molecule has 0 radical (unpaired) electrons. The van der Waals surface area contributed by atoms with Gasteiger partial charge in [-0.1, -0.05) is 11.3 Å². The maximum Gasteiger partial charge on any atom is 0.309 e. The molecule has 0 spiro atoms. The smallest absolute Gasteiger partial charge is 0.309 e. The quantitative estimate of drug-likeness (QED) is 0.852. The highest BCUT2D eigenvalue weighted by Crippen LogP contribution is 2.22. The van der Waals surface area contributed by atoms with Crippen LogP contribution in [0.4, 0.5) is 0 Å². The number of benzene rings is 1. The fourth-order valence-electron chi connectivity index (χ4n) is 3.96. The summed E-state index contributed by atoms with van der Waals surface area (Å²) < 4.78 is 1.51. The van der Waals surface area contributed by atoms with Gasteiger partial charge in [-0.15, -0.1) is 5.10 Å². The molecule has 1 amide bonds. The molecule has 1 N–H and O–H groups in total. The van der Waals surface area contributed by atoms with Crippen molar-refractivity contribution in [1.29, 1.82) is 0 Å². The molecule has 2 aliphatic rings. The molecule has 1 atom stereocenters. The summed E-state index contributed by atoms with van der Waals surface area (Å²) in [5, 5.41) is 16.7. The minimum Gasteiger partial charge on any atom is -0.481 e. The van der Waals surface area contributed by atoms with Crippen LogP contribution in [-0.2, 0) is 11.2 Å². The van der Waals surface area contributed by atoms with Gasteiger partial charge in [0, 0.05) is 24.7 Å². The Bertz CT molecular complexity index is 843. The molecule has 2 fully saturated rings. The number of hydrogen-bond donors (Lipinski definition) is 1. The number of nitrogens with zero attached hydrogens (tertiary/aromatic N) is 5. The van der Waals surface area contributed by atoms with Gasteiger partial charge < -0.3 is 10.0 Å². The first-order chi connectivity index (χ1) is 13.1. The molecular weight excluding hydrogens is 346 g/mol. The molecule has 2 aliphatic heterocycles. The predicted octanol–water partition coefficient (Wildman–Crippen LogP) is 1.20. The molecule has 0 bridgehead atoms. The van der Waals surface area contributed by atoms with Crippen molar-refractivity contribution in [2.45, 2.75) is 31.7 Å². The van der Waals surface area contributed by atoms with Crippen LogP contribution in [0.2, 0.25) is 0 Å². The van der Waals surface area contributed by atoms with Gasteiger partial charge in [-0.2, -0.15) is 0 Å². The summed E-state index contributed by atoms with van der Waals surface area (Å²) in [6.45, 7) is 3.87. The number of aromatic nitrogens is 3. The van der Waals surface area contributed by atoms with E-state index < -0.39 is 5.97 Å². The zero-order valence-corrected chi connectivity index (χ0v) is 15.1. The molecule has 1 unspecified atom stereocenters. The molecular formula is C19H23N5O3. The number of carboxylic acid groups (broad SMARTS) is 1. The topological polar surface area (TPSA) is 91.6 Å². The van der Waals surface area contributed by atoms with Crippen molar-refractivity contribution in [2.24, 2.45) is 0 Å². The van der Waals surface area contributed by atoms with Gasteiger partial charge in [-0.25, -0.2) is 4.68 Å². The van der Waals surface area contributed by atoms with Gasteiger partial charge >= 0.3 is 5.97 Å². The second-order valence-electron chi connectivity index (χ2n) is 7.21. The van der Waals surface area contributed by atoms with Gasteiger partial charge in [0.1, 0.15) is 0 Å². The van der Waals surface area contributed by atoms with Gasteiger partial charge in [0.25, 0.3) is 5.91 Å². The Kier molecular flexibility index (Phi) is 4.89. The predicted molar refractivity (Wildman–Crippen MR) is 97.8 cm³/mol. The summed E-state index contributed by atoms with van der Waals surface area (Å²) in [6.07, 6.45) is 4.96. The van der Waals surface area contributed by atoms with Crippen LogP contribution in [0, 0.1) is 0 Å². The van der Waals surface area contributed by atoms with Crippen molar-refractivity contribution in [3.8, 4) is 5.69 Å². The summed E-state index contributed by atoms with van der Waals surface area (Å²) in [7, 11) is 0. The van der Waals surface area contributed by atoms with E-state index in [9.17, 15) is 9.59 Å². The van der Waals surface area contributed by atoms with Crippen LogP contribution >= 0.6 is 0 Å². The van der Waals surface area contributed by atoms with Gasteiger partial charge in [0.2, 0.25) is 0 Å². The first-order valence-electron chi connectivity index (χ1n) is 9.37. The molecule has 1 aromatic carbocycles. The minimum atomic E-state index is -0.951. The maximum absolute atomic E-state index is 12.9. The lowest BCUT2D eigenvalue weighted by molar-refractivity contribution is -0.136. The number of likely N-dealkylation sites (tertiary alicyclic amines) is 2. The normalized spacial score (nSPS) is 20.3. The van der Waals surface area contributed by atoms with Crippen LogP contribution in [0.3, 0.4) is 0 Å². The lowest BCUT2D eigenvalue weighted by Crippen LogP contribution is -2.37. The van der Waals surface area contributed by atoms with Gasteiger partial charge in [0.05, 0.1) is 24.0 Å². The summed E-state index contributed by atoms with van der Waals surface area (Å²) in [6, 6.07) is 7.71. The van der Waals surface area contributed by atoms with Crippen LogP contribution in [0.25, 0.3) is 5.69 Å². The van der Waals surface area contributed by atoms with Crippen LogP contribution in [-0.4, -0.2) is 74.0 Å². The third-order valence-corrected chi connectivity index (χ3v) is 5.34. The molecule has 0 aliphatic carbocycles. The number of carbonyl (C=O) groups excluding carboxylic acids is 1. The Labute approximate surface area is 157 Å².